The van der Waals surface area contributed by atoms with Crippen molar-refractivity contribution < 1.29 is 0 Å². The van der Waals surface area contributed by atoms with Crippen LogP contribution in [-0.2, 0) is 0 Å². The smallest absolute Gasteiger partial charge is 0.161 e. The van der Waals surface area contributed by atoms with Crippen molar-refractivity contribution in [3.8, 4) is 6.07 Å². The Morgan fingerprint density at radius 2 is 2.17 bits per heavy atom. The van der Waals surface area contributed by atoms with Crippen LogP contribution in [0.15, 0.2) is 29.3 Å². The molecule has 0 bridgehead atoms. The van der Waals surface area contributed by atoms with Crippen LogP contribution in [-0.4, -0.2) is 16.5 Å². The van der Waals surface area contributed by atoms with Crippen molar-refractivity contribution in [1.29, 1.82) is 5.26 Å². The van der Waals surface area contributed by atoms with Crippen LogP contribution in [0.2, 0.25) is 0 Å². The Hall–Kier alpha value is -1.47. The van der Waals surface area contributed by atoms with Crippen LogP contribution in [0, 0.1) is 11.3 Å². The number of hydrogen-bond donors (Lipinski definition) is 1. The summed E-state index contributed by atoms with van der Waals surface area (Å²) in [6.07, 6.45) is 5.06. The Kier molecular flexibility index (Phi) is 3.00. The van der Waals surface area contributed by atoms with E-state index in [4.69, 9.17) is 10.3 Å². The Balaban J connectivity index is 1.75. The van der Waals surface area contributed by atoms with E-state index in [0.717, 1.165) is 16.6 Å². The molecule has 18 heavy (non-hydrogen) atoms. The number of benzene rings is 1. The fourth-order valence-electron chi connectivity index (χ4n) is 2.63. The van der Waals surface area contributed by atoms with Crippen molar-refractivity contribution in [2.75, 3.05) is 11.1 Å². The van der Waals surface area contributed by atoms with Crippen molar-refractivity contribution >= 4 is 22.6 Å². The van der Waals surface area contributed by atoms with Crippen LogP contribution in [0.5, 0.6) is 0 Å². The van der Waals surface area contributed by atoms with Crippen molar-refractivity contribution in [1.82, 2.24) is 0 Å². The van der Waals surface area contributed by atoms with Crippen LogP contribution in [0.3, 0.4) is 0 Å². The monoisotopic (exact) mass is 257 g/mol. The Bertz CT molecular complexity index is 524. The third-order valence-corrected chi connectivity index (χ3v) is 4.74. The number of hydrogen-bond acceptors (Lipinski definition) is 4. The molecule has 1 spiro atoms. The predicted octanol–water partition coefficient (Wildman–Crippen LogP) is 3.39. The van der Waals surface area contributed by atoms with Crippen molar-refractivity contribution in [2.45, 2.75) is 31.2 Å². The summed E-state index contributed by atoms with van der Waals surface area (Å²) in [7, 11) is 0. The van der Waals surface area contributed by atoms with Gasteiger partial charge in [-0.25, -0.2) is 0 Å². The lowest BCUT2D eigenvalue weighted by atomic mass is 10.0. The first kappa shape index (κ1) is 11.6. The van der Waals surface area contributed by atoms with Gasteiger partial charge in [0.15, 0.2) is 5.17 Å². The molecule has 2 aliphatic rings. The van der Waals surface area contributed by atoms with E-state index in [9.17, 15) is 0 Å². The van der Waals surface area contributed by atoms with Gasteiger partial charge in [-0.05, 0) is 31.0 Å². The number of thioether (sulfide) groups is 1. The molecule has 92 valence electrons. The summed E-state index contributed by atoms with van der Waals surface area (Å²) in [5.74, 6) is 1.10. The minimum Gasteiger partial charge on any atom is -0.335 e. The summed E-state index contributed by atoms with van der Waals surface area (Å²) in [6, 6.07) is 9.70. The lowest BCUT2D eigenvalue weighted by Crippen LogP contribution is -2.21. The Morgan fingerprint density at radius 3 is 2.94 bits per heavy atom. The summed E-state index contributed by atoms with van der Waals surface area (Å²) < 4.78 is 0. The highest BCUT2D eigenvalue weighted by Gasteiger charge is 2.38. The average molecular weight is 257 g/mol. The van der Waals surface area contributed by atoms with Gasteiger partial charge in [0, 0.05) is 11.4 Å². The quantitative estimate of drug-likeness (QED) is 0.839. The first-order chi connectivity index (χ1) is 8.80. The number of nitrogens with one attached hydrogen (secondary N) is 1. The van der Waals surface area contributed by atoms with Crippen molar-refractivity contribution in [3.63, 3.8) is 0 Å². The molecule has 0 atom stereocenters. The molecule has 1 aliphatic heterocycles. The molecule has 0 saturated heterocycles. The molecule has 1 saturated carbocycles. The average Bonchev–Trinajstić information content (AvgIpc) is 3.01. The third kappa shape index (κ3) is 2.23. The summed E-state index contributed by atoms with van der Waals surface area (Å²) in [5.41, 5.74) is 1.84. The van der Waals surface area contributed by atoms with Gasteiger partial charge in [-0.15, -0.1) is 0 Å². The number of anilines is 1. The van der Waals surface area contributed by atoms with Crippen LogP contribution >= 0.6 is 11.8 Å². The maximum atomic E-state index is 8.88. The Labute approximate surface area is 111 Å². The zero-order chi connectivity index (χ0) is 12.4. The highest BCUT2D eigenvalue weighted by atomic mass is 32.2. The highest BCUT2D eigenvalue weighted by Crippen LogP contribution is 2.41. The summed E-state index contributed by atoms with van der Waals surface area (Å²) in [4.78, 5) is 4.86. The van der Waals surface area contributed by atoms with E-state index < -0.39 is 0 Å². The number of nitriles is 1. The summed E-state index contributed by atoms with van der Waals surface area (Å²) in [6.45, 7) is 0. The topological polar surface area (TPSA) is 48.2 Å². The second-order valence-corrected chi connectivity index (χ2v) is 5.92. The first-order valence-corrected chi connectivity index (χ1v) is 7.28. The van der Waals surface area contributed by atoms with E-state index in [1.165, 1.54) is 25.7 Å². The largest absolute Gasteiger partial charge is 0.335 e. The number of nitrogens with zero attached hydrogens (tertiary/aromatic N) is 2. The van der Waals surface area contributed by atoms with Gasteiger partial charge in [0.1, 0.15) is 0 Å². The molecule has 0 aromatic heterocycles. The molecule has 3 rings (SSSR count). The fourth-order valence-corrected chi connectivity index (χ4v) is 3.83. The van der Waals surface area contributed by atoms with E-state index in [-0.39, 0.29) is 5.54 Å². The molecular weight excluding hydrogens is 242 g/mol. The molecule has 4 heteroatoms. The minimum atomic E-state index is 0.208. The summed E-state index contributed by atoms with van der Waals surface area (Å²) >= 11 is 1.80. The van der Waals surface area contributed by atoms with E-state index in [2.05, 4.69) is 11.4 Å². The molecule has 0 unspecified atom stereocenters. The lowest BCUT2D eigenvalue weighted by molar-refractivity contribution is 0.508. The third-order valence-electron chi connectivity index (χ3n) is 3.59. The molecule has 1 aromatic carbocycles. The van der Waals surface area contributed by atoms with Crippen LogP contribution in [0.1, 0.15) is 31.2 Å². The molecule has 1 aliphatic carbocycles. The van der Waals surface area contributed by atoms with Crippen molar-refractivity contribution in [2.24, 2.45) is 4.99 Å². The maximum absolute atomic E-state index is 8.88. The lowest BCUT2D eigenvalue weighted by Gasteiger charge is -2.16. The molecular formula is C14H15N3S. The van der Waals surface area contributed by atoms with Crippen LogP contribution in [0.25, 0.3) is 0 Å². The first-order valence-electron chi connectivity index (χ1n) is 6.30. The number of amidine groups is 1. The van der Waals surface area contributed by atoms with E-state index in [1.807, 2.05) is 24.3 Å². The van der Waals surface area contributed by atoms with Gasteiger partial charge in [0.2, 0.25) is 0 Å². The SMILES string of the molecule is N#Cc1cccc(NC2=NC3(CCCC3)CS2)c1. The maximum Gasteiger partial charge on any atom is 0.161 e. The highest BCUT2D eigenvalue weighted by molar-refractivity contribution is 8.14. The van der Waals surface area contributed by atoms with Gasteiger partial charge in [-0.1, -0.05) is 30.7 Å². The number of rotatable bonds is 1. The molecule has 1 aromatic rings. The fraction of sp³-hybridized carbons (Fsp3) is 0.429. The van der Waals surface area contributed by atoms with Gasteiger partial charge in [0.25, 0.3) is 0 Å². The minimum absolute atomic E-state index is 0.208. The van der Waals surface area contributed by atoms with E-state index in [0.29, 0.717) is 5.56 Å². The van der Waals surface area contributed by atoms with Gasteiger partial charge >= 0.3 is 0 Å². The predicted molar refractivity (Wildman–Crippen MR) is 75.9 cm³/mol. The Morgan fingerprint density at radius 1 is 1.33 bits per heavy atom. The second kappa shape index (κ2) is 4.66. The zero-order valence-electron chi connectivity index (χ0n) is 10.1. The summed E-state index contributed by atoms with van der Waals surface area (Å²) in [5, 5.41) is 13.2. The zero-order valence-corrected chi connectivity index (χ0v) is 11.0. The van der Waals surface area contributed by atoms with Gasteiger partial charge in [0.05, 0.1) is 17.2 Å². The second-order valence-electron chi connectivity index (χ2n) is 4.95. The van der Waals surface area contributed by atoms with E-state index in [1.54, 1.807) is 11.8 Å². The van der Waals surface area contributed by atoms with Gasteiger partial charge < -0.3 is 5.32 Å². The number of aliphatic imine (C=N–C) groups is 1. The molecule has 1 N–H and O–H groups in total. The van der Waals surface area contributed by atoms with E-state index >= 15 is 0 Å². The molecule has 1 fully saturated rings. The van der Waals surface area contributed by atoms with Crippen LogP contribution < -0.4 is 5.32 Å². The molecule has 0 radical (unpaired) electrons. The normalized spacial score (nSPS) is 20.7. The van der Waals surface area contributed by atoms with Crippen molar-refractivity contribution in [3.05, 3.63) is 29.8 Å². The molecule has 1 heterocycles. The van der Waals surface area contributed by atoms with Gasteiger partial charge in [-0.2, -0.15) is 5.26 Å². The molecule has 3 nitrogen and oxygen atoms in total. The standard InChI is InChI=1S/C14H15N3S/c15-9-11-4-3-5-12(8-11)16-13-17-14(10-18-13)6-1-2-7-14/h3-5,8H,1-2,6-7,10H2,(H,16,17). The molecule has 0 amide bonds. The van der Waals surface area contributed by atoms with Crippen LogP contribution in [0.4, 0.5) is 5.69 Å². The van der Waals surface area contributed by atoms with Gasteiger partial charge in [-0.3, -0.25) is 4.99 Å².